The Morgan fingerprint density at radius 2 is 1.58 bits per heavy atom. The number of aromatic nitrogens is 1. The van der Waals surface area contributed by atoms with Crippen LogP contribution in [0.1, 0.15) is 11.1 Å². The monoisotopic (exact) mass is 438 g/mol. The summed E-state index contributed by atoms with van der Waals surface area (Å²) in [6.07, 6.45) is 3.00. The molecular weight excluding hydrogens is 416 g/mol. The molecule has 164 valence electrons. The molecule has 1 aromatic heterocycles. The molecule has 1 heterocycles. The first-order chi connectivity index (χ1) is 16.1. The van der Waals surface area contributed by atoms with E-state index in [0.29, 0.717) is 11.9 Å². The Labute approximate surface area is 190 Å². The molecule has 0 saturated carbocycles. The number of carbonyl (C=O) groups is 2. The fourth-order valence-electron chi connectivity index (χ4n) is 3.40. The molecule has 3 aromatic carbocycles. The van der Waals surface area contributed by atoms with Gasteiger partial charge in [-0.25, -0.2) is 0 Å². The van der Waals surface area contributed by atoms with Gasteiger partial charge >= 0.3 is 0 Å². The SMILES string of the molecule is O=C(CNC(=O)C=Cc1ccccc1)N=Nc1c(O)n(Cc2ccccc2)c2ccccc12. The number of carbonyl (C=O) groups excluding carboxylic acids is 2. The normalized spacial score (nSPS) is 11.4. The van der Waals surface area contributed by atoms with Gasteiger partial charge in [-0.15, -0.1) is 10.2 Å². The average Bonchev–Trinajstić information content (AvgIpc) is 3.12. The smallest absolute Gasteiger partial charge is 0.283 e. The van der Waals surface area contributed by atoms with Crippen molar-refractivity contribution in [1.82, 2.24) is 9.88 Å². The number of azo groups is 1. The number of nitrogens with one attached hydrogen (secondary N) is 1. The second-order valence-electron chi connectivity index (χ2n) is 7.32. The zero-order chi connectivity index (χ0) is 23.0. The van der Waals surface area contributed by atoms with E-state index in [9.17, 15) is 14.7 Å². The number of aromatic hydroxyl groups is 1. The molecule has 0 bridgehead atoms. The summed E-state index contributed by atoms with van der Waals surface area (Å²) in [5, 5.41) is 21.7. The lowest BCUT2D eigenvalue weighted by Gasteiger charge is -2.06. The van der Waals surface area contributed by atoms with Crippen LogP contribution in [0.4, 0.5) is 5.69 Å². The first-order valence-corrected chi connectivity index (χ1v) is 10.4. The fraction of sp³-hybridized carbons (Fsp3) is 0.0769. The molecular formula is C26H22N4O3. The largest absolute Gasteiger partial charge is 0.493 e. The van der Waals surface area contributed by atoms with E-state index >= 15 is 0 Å². The minimum Gasteiger partial charge on any atom is -0.493 e. The van der Waals surface area contributed by atoms with Gasteiger partial charge in [-0.3, -0.25) is 9.59 Å². The Morgan fingerprint density at radius 3 is 2.33 bits per heavy atom. The van der Waals surface area contributed by atoms with Gasteiger partial charge in [-0.05, 0) is 23.3 Å². The number of amides is 2. The molecule has 0 radical (unpaired) electrons. The third-order valence-corrected chi connectivity index (χ3v) is 5.00. The molecule has 0 saturated heterocycles. The predicted octanol–water partition coefficient (Wildman–Crippen LogP) is 4.84. The summed E-state index contributed by atoms with van der Waals surface area (Å²) in [7, 11) is 0. The molecule has 2 amide bonds. The van der Waals surface area contributed by atoms with Crippen molar-refractivity contribution in [2.24, 2.45) is 10.2 Å². The highest BCUT2D eigenvalue weighted by molar-refractivity contribution is 5.96. The third-order valence-electron chi connectivity index (χ3n) is 5.00. The molecule has 33 heavy (non-hydrogen) atoms. The van der Waals surface area contributed by atoms with Crippen LogP contribution in [0.3, 0.4) is 0 Å². The van der Waals surface area contributed by atoms with E-state index in [2.05, 4.69) is 15.5 Å². The lowest BCUT2D eigenvalue weighted by atomic mass is 10.2. The van der Waals surface area contributed by atoms with Crippen molar-refractivity contribution >= 4 is 34.5 Å². The van der Waals surface area contributed by atoms with Crippen molar-refractivity contribution in [3.63, 3.8) is 0 Å². The van der Waals surface area contributed by atoms with Crippen molar-refractivity contribution in [2.75, 3.05) is 6.54 Å². The summed E-state index contributed by atoms with van der Waals surface area (Å²) < 4.78 is 1.72. The summed E-state index contributed by atoms with van der Waals surface area (Å²) in [6.45, 7) is 0.144. The Hall–Kier alpha value is -4.52. The van der Waals surface area contributed by atoms with Crippen LogP contribution in [0.15, 0.2) is 101 Å². The number of para-hydroxylation sites is 1. The average molecular weight is 438 g/mol. The van der Waals surface area contributed by atoms with Crippen molar-refractivity contribution in [2.45, 2.75) is 6.54 Å². The number of rotatable bonds is 7. The molecule has 4 rings (SSSR count). The van der Waals surface area contributed by atoms with Crippen LogP contribution in [0.5, 0.6) is 5.88 Å². The van der Waals surface area contributed by atoms with Gasteiger partial charge in [-0.1, -0.05) is 78.9 Å². The highest BCUT2D eigenvalue weighted by atomic mass is 16.3. The lowest BCUT2D eigenvalue weighted by molar-refractivity contribution is -0.122. The minimum atomic E-state index is -0.629. The van der Waals surface area contributed by atoms with Crippen molar-refractivity contribution in [3.8, 4) is 5.88 Å². The molecule has 0 aliphatic rings. The first kappa shape index (κ1) is 21.7. The number of benzene rings is 3. The van der Waals surface area contributed by atoms with Crippen LogP contribution >= 0.6 is 0 Å². The maximum absolute atomic E-state index is 12.2. The van der Waals surface area contributed by atoms with Gasteiger partial charge in [0.2, 0.25) is 11.8 Å². The summed E-state index contributed by atoms with van der Waals surface area (Å²) in [5.74, 6) is -1.12. The van der Waals surface area contributed by atoms with Crippen LogP contribution in [-0.4, -0.2) is 28.0 Å². The molecule has 0 atom stereocenters. The van der Waals surface area contributed by atoms with Crippen LogP contribution in [0.2, 0.25) is 0 Å². The molecule has 4 aromatic rings. The van der Waals surface area contributed by atoms with Crippen molar-refractivity contribution in [1.29, 1.82) is 0 Å². The van der Waals surface area contributed by atoms with Gasteiger partial charge in [0.25, 0.3) is 5.91 Å². The van der Waals surface area contributed by atoms with Crippen LogP contribution in [0, 0.1) is 0 Å². The summed E-state index contributed by atoms with van der Waals surface area (Å²) in [5.41, 5.74) is 2.88. The summed E-state index contributed by atoms with van der Waals surface area (Å²) in [6, 6.07) is 26.5. The standard InChI is InChI=1S/C26H22N4O3/c31-23(16-15-19-9-3-1-4-10-19)27-17-24(32)28-29-25-21-13-7-8-14-22(21)30(26(25)33)18-20-11-5-2-6-12-20/h1-16,33H,17-18H2,(H,27,31). The van der Waals surface area contributed by atoms with Crippen LogP contribution in [-0.2, 0) is 16.1 Å². The van der Waals surface area contributed by atoms with E-state index in [0.717, 1.165) is 16.6 Å². The van der Waals surface area contributed by atoms with Gasteiger partial charge in [0.05, 0.1) is 12.1 Å². The molecule has 7 nitrogen and oxygen atoms in total. The number of fused-ring (bicyclic) bond motifs is 1. The molecule has 2 N–H and O–H groups in total. The molecule has 0 unspecified atom stereocenters. The van der Waals surface area contributed by atoms with Crippen LogP contribution in [0.25, 0.3) is 17.0 Å². The molecule has 0 aliphatic carbocycles. The second kappa shape index (κ2) is 10.2. The van der Waals surface area contributed by atoms with Crippen molar-refractivity contribution < 1.29 is 14.7 Å². The molecule has 0 spiro atoms. The van der Waals surface area contributed by atoms with Crippen LogP contribution < -0.4 is 5.32 Å². The lowest BCUT2D eigenvalue weighted by Crippen LogP contribution is -2.26. The highest BCUT2D eigenvalue weighted by Crippen LogP contribution is 2.39. The number of nitrogens with zero attached hydrogens (tertiary/aromatic N) is 3. The number of hydrogen-bond acceptors (Lipinski definition) is 4. The predicted molar refractivity (Wildman–Crippen MR) is 127 cm³/mol. The Morgan fingerprint density at radius 1 is 0.909 bits per heavy atom. The van der Waals surface area contributed by atoms with E-state index < -0.39 is 11.8 Å². The van der Waals surface area contributed by atoms with Gasteiger partial charge in [-0.2, -0.15) is 0 Å². The quantitative estimate of drug-likeness (QED) is 0.319. The summed E-state index contributed by atoms with van der Waals surface area (Å²) >= 11 is 0. The van der Waals surface area contributed by atoms with E-state index in [-0.39, 0.29) is 18.1 Å². The zero-order valence-electron chi connectivity index (χ0n) is 17.8. The Kier molecular flexibility index (Phi) is 6.70. The van der Waals surface area contributed by atoms with Gasteiger partial charge < -0.3 is 15.0 Å². The van der Waals surface area contributed by atoms with E-state index in [4.69, 9.17) is 0 Å². The number of hydrogen-bond donors (Lipinski definition) is 2. The van der Waals surface area contributed by atoms with E-state index in [1.54, 1.807) is 10.6 Å². The van der Waals surface area contributed by atoms with Gasteiger partial charge in [0, 0.05) is 11.5 Å². The minimum absolute atomic E-state index is 0.0774. The first-order valence-electron chi connectivity index (χ1n) is 10.4. The fourth-order valence-corrected chi connectivity index (χ4v) is 3.40. The van der Waals surface area contributed by atoms with Crippen molar-refractivity contribution in [3.05, 3.63) is 102 Å². The van der Waals surface area contributed by atoms with Gasteiger partial charge in [0.15, 0.2) is 5.69 Å². The maximum Gasteiger partial charge on any atom is 0.283 e. The van der Waals surface area contributed by atoms with E-state index in [1.165, 1.54) is 6.08 Å². The van der Waals surface area contributed by atoms with E-state index in [1.807, 2.05) is 84.9 Å². The topological polar surface area (TPSA) is 96.1 Å². The molecule has 7 heteroatoms. The molecule has 0 aliphatic heterocycles. The summed E-state index contributed by atoms with van der Waals surface area (Å²) in [4.78, 5) is 24.1. The zero-order valence-corrected chi connectivity index (χ0v) is 17.8. The Bertz CT molecular complexity index is 1330. The third kappa shape index (κ3) is 5.40. The maximum atomic E-state index is 12.2. The van der Waals surface area contributed by atoms with Gasteiger partial charge in [0.1, 0.15) is 6.54 Å². The second-order valence-corrected chi connectivity index (χ2v) is 7.32. The molecule has 0 fully saturated rings. The highest BCUT2D eigenvalue weighted by Gasteiger charge is 2.17. The Balaban J connectivity index is 1.45.